The molecule has 22 heavy (non-hydrogen) atoms. The molecule has 0 spiro atoms. The second kappa shape index (κ2) is 7.24. The zero-order chi connectivity index (χ0) is 16.0. The van der Waals surface area contributed by atoms with Crippen molar-refractivity contribution in [2.24, 2.45) is 4.99 Å². The summed E-state index contributed by atoms with van der Waals surface area (Å²) in [5.41, 5.74) is 1.01. The highest BCUT2D eigenvalue weighted by Gasteiger charge is 2.44. The van der Waals surface area contributed by atoms with Gasteiger partial charge in [-0.05, 0) is 30.5 Å². The molecule has 1 aromatic rings. The molecule has 0 unspecified atom stereocenters. The van der Waals surface area contributed by atoms with E-state index in [0.29, 0.717) is 19.0 Å². The van der Waals surface area contributed by atoms with Crippen LogP contribution in [0.5, 0.6) is 0 Å². The molecule has 0 aromatic heterocycles. The van der Waals surface area contributed by atoms with Crippen LogP contribution < -0.4 is 10.6 Å². The molecular weight excluding hydrogens is 285 g/mol. The molecular formula is C16H22FN3O2. The van der Waals surface area contributed by atoms with E-state index in [9.17, 15) is 9.18 Å². The van der Waals surface area contributed by atoms with E-state index in [1.165, 1.54) is 13.2 Å². The average molecular weight is 307 g/mol. The van der Waals surface area contributed by atoms with Crippen LogP contribution in [0, 0.1) is 5.82 Å². The molecule has 2 rings (SSSR count). The zero-order valence-electron chi connectivity index (χ0n) is 13.0. The summed E-state index contributed by atoms with van der Waals surface area (Å²) in [6.45, 7) is 1.15. The molecule has 2 N–H and O–H groups in total. The number of hydrogen-bond acceptors (Lipinski definition) is 3. The molecule has 120 valence electrons. The molecule has 0 bridgehead atoms. The van der Waals surface area contributed by atoms with Gasteiger partial charge in [-0.25, -0.2) is 4.39 Å². The fraction of sp³-hybridized carbons (Fsp3) is 0.500. The van der Waals surface area contributed by atoms with Crippen LogP contribution in [-0.4, -0.2) is 39.2 Å². The van der Waals surface area contributed by atoms with Crippen LogP contribution >= 0.6 is 0 Å². The van der Waals surface area contributed by atoms with E-state index in [4.69, 9.17) is 0 Å². The number of halogens is 1. The number of esters is 1. The van der Waals surface area contributed by atoms with Gasteiger partial charge in [0.15, 0.2) is 5.96 Å². The molecule has 6 heteroatoms. The third-order valence-corrected chi connectivity index (χ3v) is 3.96. The Morgan fingerprint density at radius 3 is 2.77 bits per heavy atom. The quantitative estimate of drug-likeness (QED) is 0.476. The highest BCUT2D eigenvalue weighted by molar-refractivity contribution is 5.80. The Morgan fingerprint density at radius 1 is 1.41 bits per heavy atom. The largest absolute Gasteiger partial charge is 0.469 e. The van der Waals surface area contributed by atoms with Crippen molar-refractivity contribution in [1.29, 1.82) is 0 Å². The van der Waals surface area contributed by atoms with Crippen molar-refractivity contribution in [3.8, 4) is 0 Å². The number of nitrogens with zero attached hydrogens (tertiary/aromatic N) is 1. The number of aliphatic imine (C=N–C) groups is 1. The molecule has 1 aliphatic carbocycles. The minimum atomic E-state index is -0.263. The second-order valence-corrected chi connectivity index (χ2v) is 5.47. The van der Waals surface area contributed by atoms with Gasteiger partial charge in [0.1, 0.15) is 5.82 Å². The van der Waals surface area contributed by atoms with Crippen molar-refractivity contribution >= 4 is 11.9 Å². The van der Waals surface area contributed by atoms with Crippen molar-refractivity contribution in [3.05, 3.63) is 35.6 Å². The van der Waals surface area contributed by atoms with Crippen LogP contribution in [0.3, 0.4) is 0 Å². The second-order valence-electron chi connectivity index (χ2n) is 5.47. The van der Waals surface area contributed by atoms with E-state index in [2.05, 4.69) is 20.4 Å². The number of methoxy groups -OCH3 is 1. The van der Waals surface area contributed by atoms with Crippen molar-refractivity contribution in [3.63, 3.8) is 0 Å². The Morgan fingerprint density at radius 2 is 2.18 bits per heavy atom. The molecule has 5 nitrogen and oxygen atoms in total. The first-order chi connectivity index (χ1) is 10.6. The molecule has 0 radical (unpaired) electrons. The molecule has 1 aromatic carbocycles. The van der Waals surface area contributed by atoms with Gasteiger partial charge in [0.25, 0.3) is 0 Å². The van der Waals surface area contributed by atoms with E-state index in [1.54, 1.807) is 19.2 Å². The molecule has 0 atom stereocenters. The van der Waals surface area contributed by atoms with E-state index < -0.39 is 0 Å². The highest BCUT2D eigenvalue weighted by Crippen LogP contribution is 2.47. The van der Waals surface area contributed by atoms with Crippen LogP contribution in [0.2, 0.25) is 0 Å². The molecule has 1 saturated carbocycles. The van der Waals surface area contributed by atoms with Gasteiger partial charge in [-0.3, -0.25) is 9.79 Å². The highest BCUT2D eigenvalue weighted by atomic mass is 19.1. The normalized spacial score (nSPS) is 16.0. The Labute approximate surface area is 130 Å². The van der Waals surface area contributed by atoms with Crippen LogP contribution in [0.15, 0.2) is 29.3 Å². The number of benzene rings is 1. The molecule has 0 amide bonds. The minimum absolute atomic E-state index is 0.0118. The smallest absolute Gasteiger partial charge is 0.307 e. The van der Waals surface area contributed by atoms with Gasteiger partial charge in [0.05, 0.1) is 13.5 Å². The Bertz CT molecular complexity index is 556. The maximum atomic E-state index is 13.4. The number of hydrogen-bond donors (Lipinski definition) is 2. The van der Waals surface area contributed by atoms with Gasteiger partial charge in [0, 0.05) is 25.6 Å². The molecule has 0 heterocycles. The first kappa shape index (κ1) is 16.3. The van der Waals surface area contributed by atoms with Crippen molar-refractivity contribution < 1.29 is 13.9 Å². The number of carbonyl (C=O) groups is 1. The maximum Gasteiger partial charge on any atom is 0.307 e. The van der Waals surface area contributed by atoms with Gasteiger partial charge < -0.3 is 15.4 Å². The Kier molecular flexibility index (Phi) is 5.35. The topological polar surface area (TPSA) is 62.7 Å². The lowest BCUT2D eigenvalue weighted by Crippen LogP contribution is -2.42. The number of guanidine groups is 1. The predicted octanol–water partition coefficient (Wildman–Crippen LogP) is 1.59. The summed E-state index contributed by atoms with van der Waals surface area (Å²) in [6.07, 6.45) is 2.34. The average Bonchev–Trinajstić information content (AvgIpc) is 3.31. The van der Waals surface area contributed by atoms with E-state index in [1.807, 2.05) is 6.07 Å². The Balaban J connectivity index is 1.84. The Hall–Kier alpha value is -2.11. The third-order valence-electron chi connectivity index (χ3n) is 3.96. The van der Waals surface area contributed by atoms with Crippen LogP contribution in [0.25, 0.3) is 0 Å². The molecule has 1 fully saturated rings. The van der Waals surface area contributed by atoms with E-state index in [-0.39, 0.29) is 23.6 Å². The fourth-order valence-corrected chi connectivity index (χ4v) is 2.40. The summed E-state index contributed by atoms with van der Waals surface area (Å²) in [5.74, 6) is 0.164. The molecule has 1 aliphatic rings. The predicted molar refractivity (Wildman–Crippen MR) is 83.3 cm³/mol. The summed E-state index contributed by atoms with van der Waals surface area (Å²) in [7, 11) is 3.04. The minimum Gasteiger partial charge on any atom is -0.469 e. The standard InChI is InChI=1S/C16H22FN3O2/c1-18-15(19-9-6-14(21)22-2)20-11-16(7-8-16)12-4-3-5-13(17)10-12/h3-5,10H,6-9,11H2,1-2H3,(H2,18,19,20). The van der Waals surface area contributed by atoms with Gasteiger partial charge in [0.2, 0.25) is 0 Å². The van der Waals surface area contributed by atoms with Crippen molar-refractivity contribution in [1.82, 2.24) is 10.6 Å². The summed E-state index contributed by atoms with van der Waals surface area (Å²) < 4.78 is 18.0. The molecule has 0 saturated heterocycles. The number of carbonyl (C=O) groups excluding carboxylic acids is 1. The van der Waals surface area contributed by atoms with Crippen LogP contribution in [0.4, 0.5) is 4.39 Å². The van der Waals surface area contributed by atoms with Crippen molar-refractivity contribution in [2.75, 3.05) is 27.2 Å². The molecule has 0 aliphatic heterocycles. The van der Waals surface area contributed by atoms with Gasteiger partial charge in [-0.15, -0.1) is 0 Å². The summed E-state index contributed by atoms with van der Waals surface area (Å²) in [5, 5.41) is 6.31. The lowest BCUT2D eigenvalue weighted by molar-refractivity contribution is -0.140. The lowest BCUT2D eigenvalue weighted by atomic mass is 9.96. The van der Waals surface area contributed by atoms with Gasteiger partial charge in [-0.2, -0.15) is 0 Å². The summed E-state index contributed by atoms with van der Waals surface area (Å²) >= 11 is 0. The fourth-order valence-electron chi connectivity index (χ4n) is 2.40. The summed E-state index contributed by atoms with van der Waals surface area (Å²) in [6, 6.07) is 6.77. The van der Waals surface area contributed by atoms with E-state index in [0.717, 1.165) is 18.4 Å². The van der Waals surface area contributed by atoms with E-state index >= 15 is 0 Å². The zero-order valence-corrected chi connectivity index (χ0v) is 13.0. The lowest BCUT2D eigenvalue weighted by Gasteiger charge is -2.19. The monoisotopic (exact) mass is 307 g/mol. The maximum absolute atomic E-state index is 13.4. The number of ether oxygens (including phenoxy) is 1. The summed E-state index contributed by atoms with van der Waals surface area (Å²) in [4.78, 5) is 15.2. The van der Waals surface area contributed by atoms with Gasteiger partial charge >= 0.3 is 5.97 Å². The third kappa shape index (κ3) is 4.19. The van der Waals surface area contributed by atoms with Crippen LogP contribution in [-0.2, 0) is 14.9 Å². The first-order valence-electron chi connectivity index (χ1n) is 7.37. The van der Waals surface area contributed by atoms with Gasteiger partial charge in [-0.1, -0.05) is 12.1 Å². The van der Waals surface area contributed by atoms with Crippen molar-refractivity contribution in [2.45, 2.75) is 24.7 Å². The first-order valence-corrected chi connectivity index (χ1v) is 7.37. The van der Waals surface area contributed by atoms with Crippen LogP contribution in [0.1, 0.15) is 24.8 Å². The number of rotatable bonds is 6. The SMILES string of the molecule is CN=C(NCCC(=O)OC)NCC1(c2cccc(F)c2)CC1. The number of nitrogens with one attached hydrogen (secondary N) is 2.